The second-order valence-corrected chi connectivity index (χ2v) is 12.6. The van der Waals surface area contributed by atoms with Crippen molar-refractivity contribution in [2.75, 3.05) is 5.32 Å². The molecule has 1 N–H and O–H groups in total. The number of hydrogen-bond donors (Lipinski definition) is 1. The molecule has 1 aliphatic rings. The monoisotopic (exact) mass is 335 g/mol. The van der Waals surface area contributed by atoms with Crippen molar-refractivity contribution in [3.05, 3.63) is 52.8 Å². The van der Waals surface area contributed by atoms with Crippen LogP contribution in [0.4, 0.5) is 5.95 Å². The maximum absolute atomic E-state index is 4.46. The van der Waals surface area contributed by atoms with E-state index in [-0.39, 0.29) is 6.04 Å². The average molecular weight is 336 g/mol. The number of nitrogens with one attached hydrogen (secondary N) is 1. The highest BCUT2D eigenvalue weighted by molar-refractivity contribution is 6.83. The Labute approximate surface area is 146 Å². The highest BCUT2D eigenvalue weighted by atomic mass is 28.3. The number of fused-ring (bicyclic) bond motifs is 1. The normalized spacial score (nSPS) is 19.4. The molecule has 1 aliphatic carbocycles. The van der Waals surface area contributed by atoms with E-state index in [4.69, 9.17) is 0 Å². The van der Waals surface area contributed by atoms with Crippen molar-refractivity contribution in [1.29, 1.82) is 0 Å². The van der Waals surface area contributed by atoms with Crippen LogP contribution in [0.25, 0.3) is 0 Å². The summed E-state index contributed by atoms with van der Waals surface area (Å²) in [6, 6.07) is 7.00. The van der Waals surface area contributed by atoms with Crippen LogP contribution in [0.15, 0.2) is 30.6 Å². The van der Waals surface area contributed by atoms with Gasteiger partial charge in [0, 0.05) is 12.4 Å². The third kappa shape index (κ3) is 3.85. The van der Waals surface area contributed by atoms with Gasteiger partial charge in [0.05, 0.1) is 11.6 Å². The number of hydrogen-bond acceptors (Lipinski definition) is 3. The van der Waals surface area contributed by atoms with Gasteiger partial charge < -0.3 is 5.32 Å². The number of anilines is 1. The fourth-order valence-electron chi connectivity index (χ4n) is 3.05. The fraction of sp³-hybridized carbons (Fsp3) is 0.400. The summed E-state index contributed by atoms with van der Waals surface area (Å²) in [6.45, 7) is 11.1. The van der Waals surface area contributed by atoms with Crippen LogP contribution in [0.3, 0.4) is 0 Å². The number of benzene rings is 1. The summed E-state index contributed by atoms with van der Waals surface area (Å²) >= 11 is 0. The molecule has 0 bridgehead atoms. The third-order valence-electron chi connectivity index (χ3n) is 4.27. The first kappa shape index (κ1) is 16.7. The Hall–Kier alpha value is -2.12. The molecule has 124 valence electrons. The standard InChI is InChI=1S/C20H25N3Si/c1-14-6-7-17-11-15(2)19(18(17)10-14)23-20-21-12-16(13-22-20)8-9-24(3,4)5/h6-7,10,12-13,15,19H,11H2,1-5H3,(H,21,22,23)/t15-,19+/m0/s1. The second kappa shape index (κ2) is 6.41. The van der Waals surface area contributed by atoms with Gasteiger partial charge in [-0.05, 0) is 30.4 Å². The van der Waals surface area contributed by atoms with Gasteiger partial charge in [0.1, 0.15) is 8.07 Å². The lowest BCUT2D eigenvalue weighted by molar-refractivity contribution is 0.539. The topological polar surface area (TPSA) is 37.8 Å². The summed E-state index contributed by atoms with van der Waals surface area (Å²) in [7, 11) is -1.37. The largest absolute Gasteiger partial charge is 0.347 e. The summed E-state index contributed by atoms with van der Waals surface area (Å²) in [5, 5.41) is 3.51. The molecule has 0 saturated heterocycles. The summed E-state index contributed by atoms with van der Waals surface area (Å²) < 4.78 is 0. The number of rotatable bonds is 2. The maximum atomic E-state index is 4.46. The molecule has 3 rings (SSSR count). The van der Waals surface area contributed by atoms with Crippen LogP contribution in [0.2, 0.25) is 19.6 Å². The van der Waals surface area contributed by atoms with E-state index in [1.54, 1.807) is 0 Å². The predicted octanol–water partition coefficient (Wildman–Crippen LogP) is 4.36. The van der Waals surface area contributed by atoms with Gasteiger partial charge in [-0.1, -0.05) is 56.2 Å². The molecule has 0 spiro atoms. The van der Waals surface area contributed by atoms with Crippen LogP contribution in [-0.4, -0.2) is 18.0 Å². The molecular formula is C20H25N3Si. The molecule has 1 heterocycles. The first-order valence-corrected chi connectivity index (χ1v) is 12.0. The molecule has 1 aromatic heterocycles. The van der Waals surface area contributed by atoms with Crippen molar-refractivity contribution in [3.63, 3.8) is 0 Å². The Bertz CT molecular complexity index is 794. The fourth-order valence-corrected chi connectivity index (χ4v) is 3.57. The molecule has 2 atom stereocenters. The molecule has 0 amide bonds. The molecule has 3 nitrogen and oxygen atoms in total. The van der Waals surface area contributed by atoms with E-state index >= 15 is 0 Å². The van der Waals surface area contributed by atoms with E-state index < -0.39 is 8.07 Å². The van der Waals surface area contributed by atoms with Crippen LogP contribution in [0.5, 0.6) is 0 Å². The average Bonchev–Trinajstić information content (AvgIpc) is 2.81. The second-order valence-electron chi connectivity index (χ2n) is 7.80. The SMILES string of the molecule is Cc1ccc2c(c1)[C@H](Nc1ncc(C#C[Si](C)(C)C)cn1)[C@@H](C)C2. The smallest absolute Gasteiger partial charge is 0.223 e. The quantitative estimate of drug-likeness (QED) is 0.654. The molecule has 4 heteroatoms. The Morgan fingerprint density at radius 1 is 1.17 bits per heavy atom. The molecule has 1 aromatic carbocycles. The zero-order chi connectivity index (χ0) is 17.3. The summed E-state index contributed by atoms with van der Waals surface area (Å²) in [5.74, 6) is 4.42. The molecule has 0 fully saturated rings. The van der Waals surface area contributed by atoms with E-state index in [2.05, 4.69) is 78.4 Å². The van der Waals surface area contributed by atoms with E-state index in [9.17, 15) is 0 Å². The van der Waals surface area contributed by atoms with Gasteiger partial charge in [-0.3, -0.25) is 0 Å². The van der Waals surface area contributed by atoms with Gasteiger partial charge in [0.25, 0.3) is 0 Å². The predicted molar refractivity (Wildman–Crippen MR) is 103 cm³/mol. The highest BCUT2D eigenvalue weighted by Gasteiger charge is 2.29. The lowest BCUT2D eigenvalue weighted by Gasteiger charge is -2.19. The molecule has 0 unspecified atom stereocenters. The number of aryl methyl sites for hydroxylation is 1. The van der Waals surface area contributed by atoms with Gasteiger partial charge in [0.15, 0.2) is 0 Å². The molecule has 24 heavy (non-hydrogen) atoms. The Morgan fingerprint density at radius 2 is 1.88 bits per heavy atom. The highest BCUT2D eigenvalue weighted by Crippen LogP contribution is 2.38. The van der Waals surface area contributed by atoms with Gasteiger partial charge >= 0.3 is 0 Å². The van der Waals surface area contributed by atoms with Gasteiger partial charge in [-0.2, -0.15) is 0 Å². The van der Waals surface area contributed by atoms with E-state index in [0.29, 0.717) is 11.9 Å². The lowest BCUT2D eigenvalue weighted by Crippen LogP contribution is -2.17. The summed E-state index contributed by atoms with van der Waals surface area (Å²) in [6.07, 6.45) is 4.74. The Kier molecular flexibility index (Phi) is 4.47. The van der Waals surface area contributed by atoms with Crippen LogP contribution in [0.1, 0.15) is 35.2 Å². The van der Waals surface area contributed by atoms with E-state index in [1.165, 1.54) is 16.7 Å². The molecular weight excluding hydrogens is 310 g/mol. The first-order chi connectivity index (χ1) is 11.3. The first-order valence-electron chi connectivity index (χ1n) is 8.53. The van der Waals surface area contributed by atoms with Crippen molar-refractivity contribution in [3.8, 4) is 11.5 Å². The zero-order valence-electron chi connectivity index (χ0n) is 15.1. The van der Waals surface area contributed by atoms with Crippen LogP contribution in [-0.2, 0) is 6.42 Å². The van der Waals surface area contributed by atoms with Crippen molar-refractivity contribution in [2.45, 2.75) is 46.0 Å². The van der Waals surface area contributed by atoms with Crippen molar-refractivity contribution >= 4 is 14.0 Å². The number of nitrogens with zero attached hydrogens (tertiary/aromatic N) is 2. The Morgan fingerprint density at radius 3 is 2.54 bits per heavy atom. The minimum atomic E-state index is -1.37. The molecule has 0 radical (unpaired) electrons. The van der Waals surface area contributed by atoms with E-state index in [0.717, 1.165) is 12.0 Å². The van der Waals surface area contributed by atoms with Gasteiger partial charge in [-0.25, -0.2) is 9.97 Å². The number of aromatic nitrogens is 2. The van der Waals surface area contributed by atoms with Gasteiger partial charge in [-0.15, -0.1) is 5.54 Å². The summed E-state index contributed by atoms with van der Waals surface area (Å²) in [4.78, 5) is 8.93. The molecule has 2 aromatic rings. The van der Waals surface area contributed by atoms with E-state index in [1.807, 2.05) is 12.4 Å². The van der Waals surface area contributed by atoms with Crippen molar-refractivity contribution in [2.24, 2.45) is 5.92 Å². The third-order valence-corrected chi connectivity index (χ3v) is 5.14. The maximum Gasteiger partial charge on any atom is 0.223 e. The molecule has 0 aliphatic heterocycles. The summed E-state index contributed by atoms with van der Waals surface area (Å²) in [5.41, 5.74) is 8.35. The van der Waals surface area contributed by atoms with Crippen molar-refractivity contribution < 1.29 is 0 Å². The van der Waals surface area contributed by atoms with Crippen LogP contribution in [0, 0.1) is 24.3 Å². The zero-order valence-corrected chi connectivity index (χ0v) is 16.1. The Balaban J connectivity index is 1.77. The van der Waals surface area contributed by atoms with Gasteiger partial charge in [0.2, 0.25) is 5.95 Å². The molecule has 0 saturated carbocycles. The minimum absolute atomic E-state index is 0.277. The lowest BCUT2D eigenvalue weighted by atomic mass is 10.0. The van der Waals surface area contributed by atoms with Crippen LogP contribution < -0.4 is 5.32 Å². The van der Waals surface area contributed by atoms with Crippen molar-refractivity contribution in [1.82, 2.24) is 9.97 Å². The minimum Gasteiger partial charge on any atom is -0.347 e. The van der Waals surface area contributed by atoms with Crippen LogP contribution >= 0.6 is 0 Å².